The second-order valence-corrected chi connectivity index (χ2v) is 4.59. The Kier molecular flexibility index (Phi) is 3.47. The summed E-state index contributed by atoms with van der Waals surface area (Å²) in [6, 6.07) is 12.3. The van der Waals surface area contributed by atoms with Gasteiger partial charge in [-0.25, -0.2) is 4.98 Å². The Labute approximate surface area is 121 Å². The van der Waals surface area contributed by atoms with Gasteiger partial charge in [-0.2, -0.15) is 0 Å². The quantitative estimate of drug-likeness (QED) is 0.589. The van der Waals surface area contributed by atoms with Crippen molar-refractivity contribution in [2.75, 3.05) is 5.32 Å². The van der Waals surface area contributed by atoms with E-state index in [-0.39, 0.29) is 18.1 Å². The SMILES string of the molecule is O=C(CC(=O)c1ccccc1)Nc1cccn2ccnc12. The van der Waals surface area contributed by atoms with Crippen LogP contribution in [0.2, 0.25) is 0 Å². The number of benzene rings is 1. The van der Waals surface area contributed by atoms with Crippen molar-refractivity contribution in [2.24, 2.45) is 0 Å². The van der Waals surface area contributed by atoms with Crippen LogP contribution in [0.25, 0.3) is 5.65 Å². The third-order valence-corrected chi connectivity index (χ3v) is 3.11. The van der Waals surface area contributed by atoms with Crippen LogP contribution in [0.5, 0.6) is 0 Å². The monoisotopic (exact) mass is 279 g/mol. The predicted molar refractivity (Wildman–Crippen MR) is 79.2 cm³/mol. The first-order valence-corrected chi connectivity index (χ1v) is 6.54. The first kappa shape index (κ1) is 13.1. The minimum atomic E-state index is -0.347. The molecule has 0 aliphatic heterocycles. The topological polar surface area (TPSA) is 63.5 Å². The first-order chi connectivity index (χ1) is 10.2. The van der Waals surface area contributed by atoms with E-state index in [1.54, 1.807) is 47.1 Å². The van der Waals surface area contributed by atoms with Crippen LogP contribution in [-0.2, 0) is 4.79 Å². The van der Waals surface area contributed by atoms with Crippen molar-refractivity contribution < 1.29 is 9.59 Å². The van der Waals surface area contributed by atoms with Crippen molar-refractivity contribution >= 4 is 23.0 Å². The lowest BCUT2D eigenvalue weighted by Gasteiger charge is -2.06. The molecule has 5 heteroatoms. The number of Topliss-reactive ketones (excluding diaryl/α,β-unsaturated/α-hetero) is 1. The van der Waals surface area contributed by atoms with Crippen LogP contribution in [0.4, 0.5) is 5.69 Å². The summed E-state index contributed by atoms with van der Waals surface area (Å²) in [5, 5.41) is 2.73. The van der Waals surface area contributed by atoms with Crippen LogP contribution in [0.3, 0.4) is 0 Å². The lowest BCUT2D eigenvalue weighted by molar-refractivity contribution is -0.115. The molecule has 2 heterocycles. The number of carbonyl (C=O) groups excluding carboxylic acids is 2. The zero-order valence-corrected chi connectivity index (χ0v) is 11.2. The maximum Gasteiger partial charge on any atom is 0.232 e. The summed E-state index contributed by atoms with van der Waals surface area (Å²) in [6.45, 7) is 0. The van der Waals surface area contributed by atoms with Gasteiger partial charge in [-0.15, -0.1) is 0 Å². The number of ketones is 1. The van der Waals surface area contributed by atoms with Crippen molar-refractivity contribution in [1.29, 1.82) is 0 Å². The number of fused-ring (bicyclic) bond motifs is 1. The highest BCUT2D eigenvalue weighted by Gasteiger charge is 2.13. The van der Waals surface area contributed by atoms with Crippen LogP contribution in [0.15, 0.2) is 61.1 Å². The number of nitrogens with one attached hydrogen (secondary N) is 1. The van der Waals surface area contributed by atoms with E-state index in [1.165, 1.54) is 0 Å². The van der Waals surface area contributed by atoms with E-state index in [1.807, 2.05) is 18.3 Å². The second-order valence-electron chi connectivity index (χ2n) is 4.59. The highest BCUT2D eigenvalue weighted by molar-refractivity contribution is 6.11. The Bertz CT molecular complexity index is 793. The van der Waals surface area contributed by atoms with Gasteiger partial charge >= 0.3 is 0 Å². The van der Waals surface area contributed by atoms with Crippen molar-refractivity contribution in [3.63, 3.8) is 0 Å². The van der Waals surface area contributed by atoms with Gasteiger partial charge in [-0.3, -0.25) is 9.59 Å². The van der Waals surface area contributed by atoms with Crippen LogP contribution in [0.1, 0.15) is 16.8 Å². The molecule has 1 N–H and O–H groups in total. The van der Waals surface area contributed by atoms with Crippen molar-refractivity contribution in [1.82, 2.24) is 9.38 Å². The van der Waals surface area contributed by atoms with E-state index in [0.29, 0.717) is 16.9 Å². The number of pyridine rings is 1. The maximum absolute atomic E-state index is 12.0. The van der Waals surface area contributed by atoms with Crippen molar-refractivity contribution in [3.05, 3.63) is 66.6 Å². The molecule has 104 valence electrons. The lowest BCUT2D eigenvalue weighted by atomic mass is 10.1. The molecule has 2 aromatic heterocycles. The smallest absolute Gasteiger partial charge is 0.232 e. The fourth-order valence-electron chi connectivity index (χ4n) is 2.11. The van der Waals surface area contributed by atoms with E-state index in [0.717, 1.165) is 0 Å². The van der Waals surface area contributed by atoms with Gasteiger partial charge in [-0.05, 0) is 12.1 Å². The molecule has 0 radical (unpaired) electrons. The van der Waals surface area contributed by atoms with Gasteiger partial charge in [0.25, 0.3) is 0 Å². The molecule has 0 bridgehead atoms. The van der Waals surface area contributed by atoms with Gasteiger partial charge in [0.2, 0.25) is 5.91 Å². The molecule has 0 saturated heterocycles. The average Bonchev–Trinajstić information content (AvgIpc) is 2.97. The third kappa shape index (κ3) is 2.81. The van der Waals surface area contributed by atoms with Gasteiger partial charge in [0.05, 0.1) is 12.1 Å². The zero-order chi connectivity index (χ0) is 14.7. The summed E-state index contributed by atoms with van der Waals surface area (Å²) >= 11 is 0. The molecular formula is C16H13N3O2. The molecule has 5 nitrogen and oxygen atoms in total. The minimum absolute atomic E-state index is 0.189. The zero-order valence-electron chi connectivity index (χ0n) is 11.2. The standard InChI is InChI=1S/C16H13N3O2/c20-14(12-5-2-1-3-6-12)11-15(21)18-13-7-4-9-19-10-8-17-16(13)19/h1-10H,11H2,(H,18,21). The summed E-state index contributed by atoms with van der Waals surface area (Å²) in [4.78, 5) is 28.1. The molecule has 3 aromatic rings. The number of rotatable bonds is 4. The first-order valence-electron chi connectivity index (χ1n) is 6.54. The van der Waals surface area contributed by atoms with Gasteiger partial charge in [0.15, 0.2) is 11.4 Å². The molecule has 0 fully saturated rings. The third-order valence-electron chi connectivity index (χ3n) is 3.11. The molecule has 0 aliphatic carbocycles. The summed E-state index contributed by atoms with van der Waals surface area (Å²) in [5.74, 6) is -0.552. The molecule has 0 aliphatic rings. The fraction of sp³-hybridized carbons (Fsp3) is 0.0625. The number of aromatic nitrogens is 2. The number of anilines is 1. The average molecular weight is 279 g/mol. The Morgan fingerprint density at radius 2 is 1.86 bits per heavy atom. The largest absolute Gasteiger partial charge is 0.323 e. The highest BCUT2D eigenvalue weighted by atomic mass is 16.2. The van der Waals surface area contributed by atoms with Gasteiger partial charge in [0, 0.05) is 24.2 Å². The number of carbonyl (C=O) groups is 2. The van der Waals surface area contributed by atoms with Gasteiger partial charge in [-0.1, -0.05) is 30.3 Å². The fourth-order valence-corrected chi connectivity index (χ4v) is 2.11. The maximum atomic E-state index is 12.0. The molecule has 1 aromatic carbocycles. The number of amides is 1. The van der Waals surface area contributed by atoms with E-state index in [4.69, 9.17) is 0 Å². The predicted octanol–water partition coefficient (Wildman–Crippen LogP) is 2.55. The van der Waals surface area contributed by atoms with E-state index < -0.39 is 0 Å². The van der Waals surface area contributed by atoms with Gasteiger partial charge in [0.1, 0.15) is 0 Å². The molecular weight excluding hydrogens is 266 g/mol. The second kappa shape index (κ2) is 5.58. The number of hydrogen-bond acceptors (Lipinski definition) is 3. The summed E-state index contributed by atoms with van der Waals surface area (Å²) in [6.07, 6.45) is 5.10. The van der Waals surface area contributed by atoms with Crippen LogP contribution in [-0.4, -0.2) is 21.1 Å². The Morgan fingerprint density at radius 3 is 2.67 bits per heavy atom. The lowest BCUT2D eigenvalue weighted by Crippen LogP contribution is -2.17. The number of hydrogen-bond donors (Lipinski definition) is 1. The summed E-state index contributed by atoms with van der Waals surface area (Å²) < 4.78 is 1.80. The van der Waals surface area contributed by atoms with Gasteiger partial charge < -0.3 is 9.72 Å². The highest BCUT2D eigenvalue weighted by Crippen LogP contribution is 2.15. The molecule has 21 heavy (non-hydrogen) atoms. The van der Waals surface area contributed by atoms with E-state index in [9.17, 15) is 9.59 Å². The Morgan fingerprint density at radius 1 is 1.05 bits per heavy atom. The number of imidazole rings is 1. The number of nitrogens with zero attached hydrogens (tertiary/aromatic N) is 2. The van der Waals surface area contributed by atoms with E-state index >= 15 is 0 Å². The Balaban J connectivity index is 1.72. The van der Waals surface area contributed by atoms with Crippen LogP contribution < -0.4 is 5.32 Å². The molecule has 3 rings (SSSR count). The normalized spacial score (nSPS) is 10.5. The molecule has 0 saturated carbocycles. The molecule has 0 spiro atoms. The minimum Gasteiger partial charge on any atom is -0.323 e. The summed E-state index contributed by atoms with van der Waals surface area (Å²) in [7, 11) is 0. The molecule has 1 amide bonds. The van der Waals surface area contributed by atoms with Crippen molar-refractivity contribution in [3.8, 4) is 0 Å². The van der Waals surface area contributed by atoms with Crippen molar-refractivity contribution in [2.45, 2.75) is 6.42 Å². The Hall–Kier alpha value is -2.95. The molecule has 0 atom stereocenters. The molecule has 0 unspecified atom stereocenters. The van der Waals surface area contributed by atoms with Crippen LogP contribution in [0, 0.1) is 0 Å². The summed E-state index contributed by atoms with van der Waals surface area (Å²) in [5.41, 5.74) is 1.78. The van der Waals surface area contributed by atoms with Crippen LogP contribution >= 0.6 is 0 Å². The van der Waals surface area contributed by atoms with E-state index in [2.05, 4.69) is 10.3 Å².